The normalized spacial score (nSPS) is 9.85. The van der Waals surface area contributed by atoms with Crippen molar-refractivity contribution in [3.8, 4) is 11.5 Å². The molecule has 1 aromatic rings. The zero-order valence-electron chi connectivity index (χ0n) is 7.43. The Labute approximate surface area is 90.2 Å². The van der Waals surface area contributed by atoms with Crippen molar-refractivity contribution < 1.29 is 13.9 Å². The highest BCUT2D eigenvalue weighted by Gasteiger charge is 2.12. The van der Waals surface area contributed by atoms with Crippen LogP contribution in [0.5, 0.6) is 11.5 Å². The molecular weight excluding hydrogens is 286 g/mol. The molecule has 13 heavy (non-hydrogen) atoms. The molecule has 0 amide bonds. The van der Waals surface area contributed by atoms with Gasteiger partial charge in [-0.25, -0.2) is 4.39 Å². The maximum atomic E-state index is 13.2. The predicted octanol–water partition coefficient (Wildman–Crippen LogP) is 2.84. The van der Waals surface area contributed by atoms with E-state index in [1.807, 2.05) is 29.5 Å². The molecule has 0 radical (unpaired) electrons. The van der Waals surface area contributed by atoms with E-state index in [0.717, 1.165) is 0 Å². The molecule has 0 aromatic heterocycles. The lowest BCUT2D eigenvalue weighted by Gasteiger charge is -2.09. The van der Waals surface area contributed by atoms with E-state index in [0.29, 0.717) is 15.9 Å². The Balaban J connectivity index is 3.13. The van der Waals surface area contributed by atoms with Gasteiger partial charge in [0, 0.05) is 0 Å². The Morgan fingerprint density at radius 2 is 2.15 bits per heavy atom. The van der Waals surface area contributed by atoms with E-state index in [1.165, 1.54) is 6.07 Å². The van der Waals surface area contributed by atoms with Crippen molar-refractivity contribution in [1.82, 2.24) is 0 Å². The quantitative estimate of drug-likeness (QED) is 0.799. The first-order valence-corrected chi connectivity index (χ1v) is 4.93. The third kappa shape index (κ3) is 2.24. The van der Waals surface area contributed by atoms with Gasteiger partial charge >= 0.3 is 0 Å². The minimum Gasteiger partial charge on any atom is -0.496 e. The van der Waals surface area contributed by atoms with E-state index >= 15 is 0 Å². The summed E-state index contributed by atoms with van der Waals surface area (Å²) in [7, 11) is 1.55. The molecule has 0 aliphatic heterocycles. The summed E-state index contributed by atoms with van der Waals surface area (Å²) in [6.07, 6.45) is 0. The standard InChI is InChI=1S/C9H10FIO2/c1-3-13-9-6(10)4-5-7(12-2)8(9)11/h4-5H,3H2,1-2H3. The van der Waals surface area contributed by atoms with Gasteiger partial charge in [0.15, 0.2) is 11.6 Å². The van der Waals surface area contributed by atoms with Gasteiger partial charge in [-0.05, 0) is 41.6 Å². The molecule has 2 nitrogen and oxygen atoms in total. The summed E-state index contributed by atoms with van der Waals surface area (Å²) in [6.45, 7) is 2.26. The average Bonchev–Trinajstić information content (AvgIpc) is 2.12. The summed E-state index contributed by atoms with van der Waals surface area (Å²) in [4.78, 5) is 0. The summed E-state index contributed by atoms with van der Waals surface area (Å²) in [5, 5.41) is 0. The van der Waals surface area contributed by atoms with E-state index in [4.69, 9.17) is 9.47 Å². The van der Waals surface area contributed by atoms with Crippen LogP contribution in [0.25, 0.3) is 0 Å². The third-order valence-electron chi connectivity index (χ3n) is 1.52. The lowest BCUT2D eigenvalue weighted by atomic mass is 10.3. The maximum absolute atomic E-state index is 13.2. The first kappa shape index (κ1) is 10.6. The Bertz CT molecular complexity index is 302. The molecule has 4 heteroatoms. The molecule has 1 aromatic carbocycles. The average molecular weight is 296 g/mol. The van der Waals surface area contributed by atoms with E-state index in [1.54, 1.807) is 13.2 Å². The van der Waals surface area contributed by atoms with Crippen molar-refractivity contribution in [2.75, 3.05) is 13.7 Å². The first-order valence-electron chi connectivity index (χ1n) is 3.85. The van der Waals surface area contributed by atoms with E-state index < -0.39 is 0 Å². The van der Waals surface area contributed by atoms with Crippen LogP contribution in [0.3, 0.4) is 0 Å². The highest BCUT2D eigenvalue weighted by Crippen LogP contribution is 2.32. The fourth-order valence-corrected chi connectivity index (χ4v) is 1.76. The van der Waals surface area contributed by atoms with Crippen LogP contribution in [0.2, 0.25) is 0 Å². The van der Waals surface area contributed by atoms with Crippen LogP contribution >= 0.6 is 22.6 Å². The predicted molar refractivity (Wildman–Crippen MR) is 56.8 cm³/mol. The molecule has 0 aliphatic rings. The Kier molecular flexibility index (Phi) is 3.77. The van der Waals surface area contributed by atoms with Crippen molar-refractivity contribution in [2.45, 2.75) is 6.92 Å². The molecular formula is C9H10FIO2. The van der Waals surface area contributed by atoms with Crippen LogP contribution in [0, 0.1) is 9.39 Å². The summed E-state index contributed by atoms with van der Waals surface area (Å²) >= 11 is 2.00. The summed E-state index contributed by atoms with van der Waals surface area (Å²) in [5.74, 6) is 0.542. The smallest absolute Gasteiger partial charge is 0.171 e. The molecule has 0 fully saturated rings. The second-order valence-electron chi connectivity index (χ2n) is 2.33. The topological polar surface area (TPSA) is 18.5 Å². The van der Waals surface area contributed by atoms with Crippen molar-refractivity contribution in [3.05, 3.63) is 21.5 Å². The first-order chi connectivity index (χ1) is 6.20. The Hall–Kier alpha value is -0.520. The number of hydrogen-bond donors (Lipinski definition) is 0. The van der Waals surface area contributed by atoms with Gasteiger partial charge in [0.2, 0.25) is 0 Å². The number of methoxy groups -OCH3 is 1. The van der Waals surface area contributed by atoms with Crippen LogP contribution in [-0.2, 0) is 0 Å². The van der Waals surface area contributed by atoms with Crippen molar-refractivity contribution in [1.29, 1.82) is 0 Å². The van der Waals surface area contributed by atoms with Crippen molar-refractivity contribution >= 4 is 22.6 Å². The van der Waals surface area contributed by atoms with E-state index in [9.17, 15) is 4.39 Å². The van der Waals surface area contributed by atoms with Crippen LogP contribution < -0.4 is 9.47 Å². The molecule has 0 saturated carbocycles. The number of ether oxygens (including phenoxy) is 2. The van der Waals surface area contributed by atoms with E-state index in [2.05, 4.69) is 0 Å². The molecule has 0 atom stereocenters. The highest BCUT2D eigenvalue weighted by atomic mass is 127. The summed E-state index contributed by atoms with van der Waals surface area (Å²) in [5.41, 5.74) is 0. The lowest BCUT2D eigenvalue weighted by Crippen LogP contribution is -1.99. The number of halogens is 2. The molecule has 0 unspecified atom stereocenters. The molecule has 0 aliphatic carbocycles. The fourth-order valence-electron chi connectivity index (χ4n) is 0.949. The summed E-state index contributed by atoms with van der Waals surface area (Å²) < 4.78 is 24.0. The monoisotopic (exact) mass is 296 g/mol. The lowest BCUT2D eigenvalue weighted by molar-refractivity contribution is 0.314. The third-order valence-corrected chi connectivity index (χ3v) is 2.54. The zero-order valence-corrected chi connectivity index (χ0v) is 9.59. The summed E-state index contributed by atoms with van der Waals surface area (Å²) in [6, 6.07) is 2.92. The van der Waals surface area contributed by atoms with Gasteiger partial charge in [0.25, 0.3) is 0 Å². The minimum atomic E-state index is -0.355. The minimum absolute atomic E-state index is 0.266. The second-order valence-corrected chi connectivity index (χ2v) is 3.40. The van der Waals surface area contributed by atoms with Crippen LogP contribution in [-0.4, -0.2) is 13.7 Å². The molecule has 72 valence electrons. The van der Waals surface area contributed by atoms with Crippen LogP contribution in [0.1, 0.15) is 6.92 Å². The van der Waals surface area contributed by atoms with Crippen molar-refractivity contribution in [2.24, 2.45) is 0 Å². The van der Waals surface area contributed by atoms with Gasteiger partial charge in [0.05, 0.1) is 13.7 Å². The van der Waals surface area contributed by atoms with Gasteiger partial charge < -0.3 is 9.47 Å². The van der Waals surface area contributed by atoms with Gasteiger partial charge in [-0.1, -0.05) is 0 Å². The molecule has 0 spiro atoms. The zero-order chi connectivity index (χ0) is 9.84. The van der Waals surface area contributed by atoms with Gasteiger partial charge in [-0.3, -0.25) is 0 Å². The number of rotatable bonds is 3. The SMILES string of the molecule is CCOc1c(F)ccc(OC)c1I. The molecule has 0 bridgehead atoms. The molecule has 0 heterocycles. The van der Waals surface area contributed by atoms with Gasteiger partial charge in [-0.2, -0.15) is 0 Å². The maximum Gasteiger partial charge on any atom is 0.171 e. The van der Waals surface area contributed by atoms with Gasteiger partial charge in [-0.15, -0.1) is 0 Å². The Morgan fingerprint density at radius 3 is 2.69 bits per heavy atom. The van der Waals surface area contributed by atoms with Crippen LogP contribution in [0.15, 0.2) is 12.1 Å². The van der Waals surface area contributed by atoms with Crippen molar-refractivity contribution in [3.63, 3.8) is 0 Å². The van der Waals surface area contributed by atoms with Crippen LogP contribution in [0.4, 0.5) is 4.39 Å². The van der Waals surface area contributed by atoms with E-state index in [-0.39, 0.29) is 11.6 Å². The Morgan fingerprint density at radius 1 is 1.46 bits per heavy atom. The number of benzene rings is 1. The second kappa shape index (κ2) is 4.64. The fraction of sp³-hybridized carbons (Fsp3) is 0.333. The highest BCUT2D eigenvalue weighted by molar-refractivity contribution is 14.1. The number of hydrogen-bond acceptors (Lipinski definition) is 2. The molecule has 0 saturated heterocycles. The largest absolute Gasteiger partial charge is 0.496 e. The molecule has 1 rings (SSSR count). The van der Waals surface area contributed by atoms with Gasteiger partial charge in [0.1, 0.15) is 9.32 Å². The molecule has 0 N–H and O–H groups in total.